The fourth-order valence-electron chi connectivity index (χ4n) is 7.39. The first-order valence-electron chi connectivity index (χ1n) is 10.9. The van der Waals surface area contributed by atoms with Gasteiger partial charge in [-0.3, -0.25) is 0 Å². The van der Waals surface area contributed by atoms with E-state index in [1.807, 2.05) is 11.1 Å². The van der Waals surface area contributed by atoms with E-state index in [1.54, 1.807) is 0 Å². The van der Waals surface area contributed by atoms with Crippen LogP contribution in [0.25, 0.3) is 0 Å². The third-order valence-electron chi connectivity index (χ3n) is 8.81. The minimum Gasteiger partial charge on any atom is -0.119 e. The maximum absolute atomic E-state index is 6.15. The summed E-state index contributed by atoms with van der Waals surface area (Å²) < 4.78 is 0. The molecule has 0 heteroatoms. The molecule has 136 valence electrons. The molecule has 0 nitrogen and oxygen atoms in total. The molecule has 1 aromatic carbocycles. The first kappa shape index (κ1) is 16.7. The van der Waals surface area contributed by atoms with Gasteiger partial charge in [0.25, 0.3) is 0 Å². The second-order valence-electron chi connectivity index (χ2n) is 9.88. The Morgan fingerprint density at radius 3 is 2.58 bits per heavy atom. The van der Waals surface area contributed by atoms with Gasteiger partial charge < -0.3 is 0 Å². The summed E-state index contributed by atoms with van der Waals surface area (Å²) in [5.41, 5.74) is 5.77. The summed E-state index contributed by atoms with van der Waals surface area (Å²) in [6.07, 6.45) is 19.8. The molecule has 4 aliphatic rings. The average molecular weight is 345 g/mol. The lowest BCUT2D eigenvalue weighted by atomic mass is 9.54. The normalized spacial score (nSPS) is 41.8. The van der Waals surface area contributed by atoms with Crippen LogP contribution in [0.3, 0.4) is 0 Å². The van der Waals surface area contributed by atoms with E-state index >= 15 is 0 Å². The Morgan fingerprint density at radius 2 is 1.77 bits per heavy atom. The number of benzene rings is 1. The topological polar surface area (TPSA) is 0 Å². The molecule has 0 aliphatic heterocycles. The van der Waals surface area contributed by atoms with Crippen molar-refractivity contribution in [3.63, 3.8) is 0 Å². The van der Waals surface area contributed by atoms with E-state index in [0.29, 0.717) is 5.41 Å². The van der Waals surface area contributed by atoms with Crippen LogP contribution in [0.2, 0.25) is 0 Å². The molecule has 0 saturated heterocycles. The van der Waals surface area contributed by atoms with E-state index < -0.39 is 0 Å². The smallest absolute Gasteiger partial charge is 0.0568 e. The fourth-order valence-corrected chi connectivity index (χ4v) is 7.39. The first-order chi connectivity index (χ1) is 12.7. The maximum atomic E-state index is 6.15. The van der Waals surface area contributed by atoms with Crippen LogP contribution in [0.4, 0.5) is 0 Å². The van der Waals surface area contributed by atoms with E-state index in [9.17, 15) is 0 Å². The highest BCUT2D eigenvalue weighted by molar-refractivity contribution is 5.39. The minimum atomic E-state index is -0.0284. The van der Waals surface area contributed by atoms with Crippen molar-refractivity contribution in [1.82, 2.24) is 0 Å². The Morgan fingerprint density at radius 1 is 0.962 bits per heavy atom. The molecular formula is C26H32. The number of hydrogen-bond donors (Lipinski definition) is 0. The van der Waals surface area contributed by atoms with Crippen molar-refractivity contribution < 1.29 is 0 Å². The third kappa shape index (κ3) is 2.36. The number of rotatable bonds is 1. The number of hydrogen-bond acceptors (Lipinski definition) is 0. The monoisotopic (exact) mass is 344 g/mol. The molecule has 2 unspecified atom stereocenters. The lowest BCUT2D eigenvalue weighted by Gasteiger charge is -2.50. The lowest BCUT2D eigenvalue weighted by molar-refractivity contribution is 0.104. The molecule has 3 fully saturated rings. The van der Waals surface area contributed by atoms with Gasteiger partial charge in [0.15, 0.2) is 0 Å². The SMILES string of the molecule is C#CC1(c2ccccc2)CCC2=C3CC[C@]4(C)CCC[C@H]4[C@@H]3CCC2C1. The number of fused-ring (bicyclic) bond motifs is 4. The molecule has 5 rings (SSSR count). The van der Waals surface area contributed by atoms with E-state index in [4.69, 9.17) is 6.42 Å². The maximum Gasteiger partial charge on any atom is 0.0568 e. The van der Waals surface area contributed by atoms with Crippen LogP contribution in [-0.2, 0) is 5.41 Å². The van der Waals surface area contributed by atoms with Crippen LogP contribution in [0.1, 0.15) is 76.7 Å². The second kappa shape index (κ2) is 6.02. The van der Waals surface area contributed by atoms with Crippen molar-refractivity contribution >= 4 is 0 Å². The Kier molecular flexibility index (Phi) is 3.86. The van der Waals surface area contributed by atoms with Crippen molar-refractivity contribution in [2.24, 2.45) is 23.2 Å². The second-order valence-corrected chi connectivity index (χ2v) is 9.88. The van der Waals surface area contributed by atoms with Gasteiger partial charge in [0.1, 0.15) is 0 Å². The van der Waals surface area contributed by atoms with Gasteiger partial charge in [-0.2, -0.15) is 0 Å². The Balaban J connectivity index is 1.47. The first-order valence-corrected chi connectivity index (χ1v) is 10.9. The molecule has 3 saturated carbocycles. The van der Waals surface area contributed by atoms with Crippen molar-refractivity contribution in [2.45, 2.75) is 76.5 Å². The van der Waals surface area contributed by atoms with Gasteiger partial charge in [-0.1, -0.05) is 60.7 Å². The van der Waals surface area contributed by atoms with Crippen LogP contribution < -0.4 is 0 Å². The molecule has 4 aliphatic carbocycles. The van der Waals surface area contributed by atoms with Crippen molar-refractivity contribution in [1.29, 1.82) is 0 Å². The van der Waals surface area contributed by atoms with Crippen LogP contribution >= 0.6 is 0 Å². The molecule has 0 bridgehead atoms. The zero-order valence-electron chi connectivity index (χ0n) is 16.3. The molecule has 0 spiro atoms. The molecule has 0 radical (unpaired) electrons. The number of allylic oxidation sites excluding steroid dienone is 2. The van der Waals surface area contributed by atoms with Gasteiger partial charge in [0, 0.05) is 0 Å². The third-order valence-corrected chi connectivity index (χ3v) is 8.81. The molecule has 0 aromatic heterocycles. The Hall–Kier alpha value is -1.48. The quantitative estimate of drug-likeness (QED) is 0.394. The van der Waals surface area contributed by atoms with Crippen LogP contribution in [0, 0.1) is 35.5 Å². The standard InChI is InChI=1S/C26H32/c1-3-26(20-8-5-4-6-9-20)17-14-21-19(18-26)11-12-23-22(21)13-16-25(2)15-7-10-24(23)25/h1,4-6,8-9,19,23-24H,7,10-18H2,2H3/t19?,23-,24+,25+,26?/m1/s1. The Bertz CT molecular complexity index is 763. The molecular weight excluding hydrogens is 312 g/mol. The highest BCUT2D eigenvalue weighted by atomic mass is 14.5. The summed E-state index contributed by atoms with van der Waals surface area (Å²) in [7, 11) is 0. The predicted molar refractivity (Wildman–Crippen MR) is 109 cm³/mol. The van der Waals surface area contributed by atoms with Gasteiger partial charge in [0.2, 0.25) is 0 Å². The van der Waals surface area contributed by atoms with E-state index in [2.05, 4.69) is 43.2 Å². The molecule has 26 heavy (non-hydrogen) atoms. The average Bonchev–Trinajstić information content (AvgIpc) is 3.09. The van der Waals surface area contributed by atoms with Gasteiger partial charge >= 0.3 is 0 Å². The summed E-state index contributed by atoms with van der Waals surface area (Å²) in [6.45, 7) is 2.60. The predicted octanol–water partition coefficient (Wildman–Crippen LogP) is 6.66. The zero-order valence-corrected chi connectivity index (χ0v) is 16.3. The van der Waals surface area contributed by atoms with Gasteiger partial charge in [0.05, 0.1) is 5.41 Å². The largest absolute Gasteiger partial charge is 0.119 e. The van der Waals surface area contributed by atoms with E-state index in [1.165, 1.54) is 63.4 Å². The van der Waals surface area contributed by atoms with Crippen molar-refractivity contribution in [2.75, 3.05) is 0 Å². The van der Waals surface area contributed by atoms with Gasteiger partial charge in [-0.05, 0) is 86.5 Å². The van der Waals surface area contributed by atoms with E-state index in [-0.39, 0.29) is 5.41 Å². The van der Waals surface area contributed by atoms with E-state index in [0.717, 1.165) is 24.2 Å². The van der Waals surface area contributed by atoms with Crippen molar-refractivity contribution in [3.05, 3.63) is 47.0 Å². The molecule has 0 amide bonds. The molecule has 1 aromatic rings. The fraction of sp³-hybridized carbons (Fsp3) is 0.615. The summed E-state index contributed by atoms with van der Waals surface area (Å²) >= 11 is 0. The van der Waals surface area contributed by atoms with Crippen LogP contribution in [-0.4, -0.2) is 0 Å². The van der Waals surface area contributed by atoms with Crippen molar-refractivity contribution in [3.8, 4) is 12.3 Å². The summed E-state index contributed by atoms with van der Waals surface area (Å²) in [5, 5.41) is 0. The minimum absolute atomic E-state index is 0.0284. The Labute approximate surface area is 159 Å². The van der Waals surface area contributed by atoms with Gasteiger partial charge in [-0.25, -0.2) is 0 Å². The van der Waals surface area contributed by atoms with Gasteiger partial charge in [-0.15, -0.1) is 6.42 Å². The number of terminal acetylenes is 1. The summed E-state index contributed by atoms with van der Waals surface area (Å²) in [4.78, 5) is 0. The van der Waals surface area contributed by atoms with Crippen LogP contribution in [0.15, 0.2) is 41.5 Å². The summed E-state index contributed by atoms with van der Waals surface area (Å²) in [6, 6.07) is 10.9. The summed E-state index contributed by atoms with van der Waals surface area (Å²) in [5.74, 6) is 5.90. The zero-order chi connectivity index (χ0) is 17.8. The lowest BCUT2D eigenvalue weighted by Crippen LogP contribution is -2.41. The molecule has 5 atom stereocenters. The molecule has 0 heterocycles. The highest BCUT2D eigenvalue weighted by Crippen LogP contribution is 2.61. The molecule has 0 N–H and O–H groups in total. The highest BCUT2D eigenvalue weighted by Gasteiger charge is 2.50. The van der Waals surface area contributed by atoms with Crippen LogP contribution in [0.5, 0.6) is 0 Å².